The van der Waals surface area contributed by atoms with Crippen molar-refractivity contribution in [2.45, 2.75) is 51.9 Å². The molecule has 2 rings (SSSR count). The normalized spacial score (nSPS) is 15.0. The van der Waals surface area contributed by atoms with Crippen LogP contribution in [0.3, 0.4) is 0 Å². The highest BCUT2D eigenvalue weighted by atomic mass is 35.5. The van der Waals surface area contributed by atoms with Crippen molar-refractivity contribution in [1.29, 1.82) is 0 Å². The topological polar surface area (TPSA) is 37.8 Å². The summed E-state index contributed by atoms with van der Waals surface area (Å²) in [5, 5.41) is 3.97. The predicted molar refractivity (Wildman–Crippen MR) is 71.8 cm³/mol. The Hall–Kier alpha value is -0.830. The maximum Gasteiger partial charge on any atom is 0.137 e. The standard InChI is InChI=1S/C13H20ClN3/c1-3-4-5-8-15-12-9(2)11(14)16-13(17-12)10-6-7-10/h10H,3-8H2,1-2H3,(H,15,16,17). The summed E-state index contributed by atoms with van der Waals surface area (Å²) in [4.78, 5) is 8.94. The molecular formula is C13H20ClN3. The van der Waals surface area contributed by atoms with Crippen LogP contribution in [-0.2, 0) is 0 Å². The van der Waals surface area contributed by atoms with Crippen molar-refractivity contribution in [2.75, 3.05) is 11.9 Å². The third kappa shape index (κ3) is 3.32. The fraction of sp³-hybridized carbons (Fsp3) is 0.692. The lowest BCUT2D eigenvalue weighted by atomic mass is 10.2. The van der Waals surface area contributed by atoms with Crippen LogP contribution in [0.25, 0.3) is 0 Å². The molecule has 0 spiro atoms. The zero-order chi connectivity index (χ0) is 12.3. The van der Waals surface area contributed by atoms with Crippen LogP contribution in [-0.4, -0.2) is 16.5 Å². The van der Waals surface area contributed by atoms with Gasteiger partial charge in [0.2, 0.25) is 0 Å². The van der Waals surface area contributed by atoms with E-state index in [1.165, 1.54) is 32.1 Å². The second-order valence-corrected chi connectivity index (χ2v) is 5.11. The Bertz CT molecular complexity index is 388. The van der Waals surface area contributed by atoms with Gasteiger partial charge in [-0.1, -0.05) is 31.4 Å². The van der Waals surface area contributed by atoms with Crippen LogP contribution in [0.15, 0.2) is 0 Å². The van der Waals surface area contributed by atoms with E-state index in [-0.39, 0.29) is 0 Å². The van der Waals surface area contributed by atoms with Crippen molar-refractivity contribution in [1.82, 2.24) is 9.97 Å². The van der Waals surface area contributed by atoms with E-state index in [0.29, 0.717) is 11.1 Å². The van der Waals surface area contributed by atoms with Crippen LogP contribution >= 0.6 is 11.6 Å². The fourth-order valence-corrected chi connectivity index (χ4v) is 1.96. The number of nitrogens with one attached hydrogen (secondary N) is 1. The average molecular weight is 254 g/mol. The van der Waals surface area contributed by atoms with Gasteiger partial charge in [0.15, 0.2) is 0 Å². The number of aromatic nitrogens is 2. The monoisotopic (exact) mass is 253 g/mol. The molecule has 1 aromatic heterocycles. The summed E-state index contributed by atoms with van der Waals surface area (Å²) in [7, 11) is 0. The van der Waals surface area contributed by atoms with Crippen molar-refractivity contribution in [3.05, 3.63) is 16.5 Å². The van der Waals surface area contributed by atoms with Gasteiger partial charge in [0.25, 0.3) is 0 Å². The van der Waals surface area contributed by atoms with Crippen LogP contribution < -0.4 is 5.32 Å². The fourth-order valence-electron chi connectivity index (χ4n) is 1.78. The first-order valence-corrected chi connectivity index (χ1v) is 6.88. The predicted octanol–water partition coefficient (Wildman–Crippen LogP) is 3.92. The molecule has 3 nitrogen and oxygen atoms in total. The third-order valence-electron chi connectivity index (χ3n) is 3.12. The summed E-state index contributed by atoms with van der Waals surface area (Å²) in [5.74, 6) is 2.38. The highest BCUT2D eigenvalue weighted by Gasteiger charge is 2.27. The summed E-state index contributed by atoms with van der Waals surface area (Å²) in [5.41, 5.74) is 0.965. The highest BCUT2D eigenvalue weighted by molar-refractivity contribution is 6.30. The quantitative estimate of drug-likeness (QED) is 0.617. The van der Waals surface area contributed by atoms with Gasteiger partial charge in [-0.15, -0.1) is 0 Å². The molecule has 0 unspecified atom stereocenters. The number of hydrogen-bond acceptors (Lipinski definition) is 3. The first-order chi connectivity index (χ1) is 8.22. The smallest absolute Gasteiger partial charge is 0.137 e. The molecule has 1 fully saturated rings. The summed E-state index contributed by atoms with van der Waals surface area (Å²) in [6, 6.07) is 0. The van der Waals surface area contributed by atoms with E-state index in [4.69, 9.17) is 11.6 Å². The summed E-state index contributed by atoms with van der Waals surface area (Å²) in [6.07, 6.45) is 6.07. The number of rotatable bonds is 6. The zero-order valence-electron chi connectivity index (χ0n) is 10.6. The molecule has 4 heteroatoms. The molecule has 0 amide bonds. The molecule has 17 heavy (non-hydrogen) atoms. The van der Waals surface area contributed by atoms with Crippen molar-refractivity contribution in [2.24, 2.45) is 0 Å². The van der Waals surface area contributed by atoms with Crippen molar-refractivity contribution >= 4 is 17.4 Å². The second-order valence-electron chi connectivity index (χ2n) is 4.75. The van der Waals surface area contributed by atoms with Crippen LogP contribution in [0.5, 0.6) is 0 Å². The molecule has 1 saturated carbocycles. The SMILES string of the molecule is CCCCCNc1nc(C2CC2)nc(Cl)c1C. The van der Waals surface area contributed by atoms with Crippen LogP contribution in [0, 0.1) is 6.92 Å². The number of halogens is 1. The molecule has 94 valence electrons. The molecule has 0 bridgehead atoms. The Morgan fingerprint density at radius 1 is 1.29 bits per heavy atom. The number of nitrogens with zero attached hydrogens (tertiary/aromatic N) is 2. The van der Waals surface area contributed by atoms with Crippen LogP contribution in [0.4, 0.5) is 5.82 Å². The Morgan fingerprint density at radius 3 is 2.71 bits per heavy atom. The van der Waals surface area contributed by atoms with E-state index in [0.717, 1.165) is 23.8 Å². The third-order valence-corrected chi connectivity index (χ3v) is 3.49. The largest absolute Gasteiger partial charge is 0.370 e. The van der Waals surface area contributed by atoms with Crippen LogP contribution in [0.2, 0.25) is 5.15 Å². The minimum atomic E-state index is 0.546. The zero-order valence-corrected chi connectivity index (χ0v) is 11.3. The van der Waals surface area contributed by atoms with Gasteiger partial charge in [0.05, 0.1) is 0 Å². The molecular weight excluding hydrogens is 234 g/mol. The van der Waals surface area contributed by atoms with Gasteiger partial charge in [0, 0.05) is 18.0 Å². The Kier molecular flexibility index (Phi) is 4.21. The van der Waals surface area contributed by atoms with Gasteiger partial charge in [-0.05, 0) is 26.2 Å². The lowest BCUT2D eigenvalue weighted by Gasteiger charge is -2.10. The molecule has 1 N–H and O–H groups in total. The van der Waals surface area contributed by atoms with E-state index in [2.05, 4.69) is 22.2 Å². The van der Waals surface area contributed by atoms with Gasteiger partial charge in [-0.2, -0.15) is 0 Å². The molecule has 0 aromatic carbocycles. The summed E-state index contributed by atoms with van der Waals surface area (Å²) >= 11 is 6.14. The van der Waals surface area contributed by atoms with E-state index in [1.807, 2.05) is 6.92 Å². The van der Waals surface area contributed by atoms with E-state index >= 15 is 0 Å². The van der Waals surface area contributed by atoms with Crippen molar-refractivity contribution < 1.29 is 0 Å². The van der Waals surface area contributed by atoms with Crippen LogP contribution in [0.1, 0.15) is 56.3 Å². The average Bonchev–Trinajstić information content (AvgIpc) is 3.13. The van der Waals surface area contributed by atoms with Gasteiger partial charge >= 0.3 is 0 Å². The maximum absolute atomic E-state index is 6.14. The summed E-state index contributed by atoms with van der Waals surface area (Å²) < 4.78 is 0. The van der Waals surface area contributed by atoms with E-state index in [9.17, 15) is 0 Å². The highest BCUT2D eigenvalue weighted by Crippen LogP contribution is 2.39. The molecule has 0 saturated heterocycles. The first-order valence-electron chi connectivity index (χ1n) is 6.50. The van der Waals surface area contributed by atoms with Gasteiger partial charge < -0.3 is 5.32 Å². The van der Waals surface area contributed by atoms with Gasteiger partial charge in [-0.25, -0.2) is 9.97 Å². The Labute approximate surface area is 108 Å². The summed E-state index contributed by atoms with van der Waals surface area (Å²) in [6.45, 7) is 5.14. The molecule has 0 radical (unpaired) electrons. The lowest BCUT2D eigenvalue weighted by Crippen LogP contribution is -2.08. The number of unbranched alkanes of at least 4 members (excludes halogenated alkanes) is 2. The minimum absolute atomic E-state index is 0.546. The van der Waals surface area contributed by atoms with Gasteiger partial charge in [-0.3, -0.25) is 0 Å². The second kappa shape index (κ2) is 5.67. The lowest BCUT2D eigenvalue weighted by molar-refractivity contribution is 0.740. The molecule has 0 aliphatic heterocycles. The van der Waals surface area contributed by atoms with Crippen molar-refractivity contribution in [3.63, 3.8) is 0 Å². The Balaban J connectivity index is 2.03. The molecule has 0 atom stereocenters. The molecule has 1 aliphatic carbocycles. The first kappa shape index (κ1) is 12.6. The van der Waals surface area contributed by atoms with E-state index in [1.54, 1.807) is 0 Å². The van der Waals surface area contributed by atoms with Crippen molar-refractivity contribution in [3.8, 4) is 0 Å². The molecule has 1 aliphatic rings. The van der Waals surface area contributed by atoms with E-state index < -0.39 is 0 Å². The van der Waals surface area contributed by atoms with Gasteiger partial charge in [0.1, 0.15) is 16.8 Å². The molecule has 1 heterocycles. The number of anilines is 1. The number of hydrogen-bond donors (Lipinski definition) is 1. The Morgan fingerprint density at radius 2 is 2.06 bits per heavy atom. The maximum atomic E-state index is 6.14. The molecule has 1 aromatic rings. The minimum Gasteiger partial charge on any atom is -0.370 e.